The Labute approximate surface area is 140 Å². The van der Waals surface area contributed by atoms with Gasteiger partial charge in [-0.2, -0.15) is 0 Å². The van der Waals surface area contributed by atoms with Crippen molar-refractivity contribution >= 4 is 23.2 Å². The van der Waals surface area contributed by atoms with Gasteiger partial charge >= 0.3 is 5.97 Å². The number of rotatable bonds is 4. The second-order valence-corrected chi connectivity index (χ2v) is 7.72. The molecule has 5 nitrogen and oxygen atoms in total. The summed E-state index contributed by atoms with van der Waals surface area (Å²) in [4.78, 5) is 25.8. The standard InChI is InChI=1S/C17H23NO4S/c19-15(20)10-17(7-8-22-11-17)18-16(21)14-9-12-5-3-1-2-4-6-13(12)23-14/h9H,1-8,10-11H2,(H,18,21)(H,19,20). The van der Waals surface area contributed by atoms with Crippen LogP contribution in [0, 0.1) is 0 Å². The summed E-state index contributed by atoms with van der Waals surface area (Å²) in [6.45, 7) is 0.768. The number of hydrogen-bond acceptors (Lipinski definition) is 4. The van der Waals surface area contributed by atoms with Crippen molar-refractivity contribution in [3.8, 4) is 0 Å². The van der Waals surface area contributed by atoms with Crippen LogP contribution in [0.3, 0.4) is 0 Å². The van der Waals surface area contributed by atoms with Gasteiger partial charge in [0.1, 0.15) is 0 Å². The van der Waals surface area contributed by atoms with Gasteiger partial charge in [0.2, 0.25) is 0 Å². The van der Waals surface area contributed by atoms with Crippen molar-refractivity contribution in [2.75, 3.05) is 13.2 Å². The molecule has 1 unspecified atom stereocenters. The molecule has 1 saturated heterocycles. The first-order chi connectivity index (χ1) is 11.1. The molecule has 2 heterocycles. The van der Waals surface area contributed by atoms with Crippen molar-refractivity contribution < 1.29 is 19.4 Å². The normalized spacial score (nSPS) is 24.5. The van der Waals surface area contributed by atoms with E-state index < -0.39 is 11.5 Å². The number of amides is 1. The minimum absolute atomic E-state index is 0.0934. The zero-order valence-electron chi connectivity index (χ0n) is 13.2. The van der Waals surface area contributed by atoms with Gasteiger partial charge in [0.05, 0.1) is 23.4 Å². The van der Waals surface area contributed by atoms with Crippen LogP contribution in [0.15, 0.2) is 6.07 Å². The first-order valence-electron chi connectivity index (χ1n) is 8.32. The zero-order chi connectivity index (χ0) is 16.3. The number of carbonyl (C=O) groups excluding carboxylic acids is 1. The van der Waals surface area contributed by atoms with Gasteiger partial charge in [-0.25, -0.2) is 0 Å². The number of aliphatic carboxylic acids is 1. The lowest BCUT2D eigenvalue weighted by Crippen LogP contribution is -2.50. The molecule has 1 aliphatic heterocycles. The van der Waals surface area contributed by atoms with E-state index in [4.69, 9.17) is 9.84 Å². The van der Waals surface area contributed by atoms with E-state index in [1.54, 1.807) is 11.3 Å². The van der Waals surface area contributed by atoms with Crippen LogP contribution in [0.4, 0.5) is 0 Å². The average molecular weight is 337 g/mol. The third-order valence-corrected chi connectivity index (χ3v) is 5.93. The highest BCUT2D eigenvalue weighted by Crippen LogP contribution is 2.30. The summed E-state index contributed by atoms with van der Waals surface area (Å²) >= 11 is 1.57. The number of thiophene rings is 1. The maximum Gasteiger partial charge on any atom is 0.305 e. The highest BCUT2D eigenvalue weighted by atomic mass is 32.1. The molecular formula is C17H23NO4S. The van der Waals surface area contributed by atoms with E-state index in [2.05, 4.69) is 5.32 Å². The number of fused-ring (bicyclic) bond motifs is 1. The molecule has 6 heteroatoms. The van der Waals surface area contributed by atoms with Crippen LogP contribution in [-0.4, -0.2) is 35.7 Å². The van der Waals surface area contributed by atoms with Crippen molar-refractivity contribution in [2.24, 2.45) is 0 Å². The molecule has 3 rings (SSSR count). The van der Waals surface area contributed by atoms with Gasteiger partial charge in [0.15, 0.2) is 0 Å². The van der Waals surface area contributed by atoms with Crippen LogP contribution in [0.5, 0.6) is 0 Å². The lowest BCUT2D eigenvalue weighted by molar-refractivity contribution is -0.138. The predicted octanol–water partition coefficient (Wildman–Crippen LogP) is 2.77. The molecule has 0 radical (unpaired) electrons. The number of ether oxygens (including phenoxy) is 1. The predicted molar refractivity (Wildman–Crippen MR) is 88.1 cm³/mol. The van der Waals surface area contributed by atoms with Gasteiger partial charge in [-0.3, -0.25) is 9.59 Å². The Bertz CT molecular complexity index is 564. The molecule has 2 N–H and O–H groups in total. The van der Waals surface area contributed by atoms with E-state index in [0.717, 1.165) is 12.8 Å². The molecule has 126 valence electrons. The third-order valence-electron chi connectivity index (χ3n) is 4.69. The Kier molecular flexibility index (Phi) is 5.02. The lowest BCUT2D eigenvalue weighted by Gasteiger charge is -2.26. The highest BCUT2D eigenvalue weighted by molar-refractivity contribution is 7.14. The van der Waals surface area contributed by atoms with E-state index >= 15 is 0 Å². The Balaban J connectivity index is 1.74. The van der Waals surface area contributed by atoms with E-state index in [1.807, 2.05) is 6.07 Å². The van der Waals surface area contributed by atoms with Gasteiger partial charge < -0.3 is 15.2 Å². The maximum atomic E-state index is 12.6. The van der Waals surface area contributed by atoms with Gasteiger partial charge in [-0.15, -0.1) is 11.3 Å². The van der Waals surface area contributed by atoms with Crippen LogP contribution in [-0.2, 0) is 22.4 Å². The van der Waals surface area contributed by atoms with Crippen molar-refractivity contribution in [1.82, 2.24) is 5.32 Å². The number of aryl methyl sites for hydroxylation is 2. The number of carboxylic acid groups (broad SMARTS) is 1. The summed E-state index contributed by atoms with van der Waals surface area (Å²) in [5.41, 5.74) is 0.538. The summed E-state index contributed by atoms with van der Waals surface area (Å²) in [6, 6.07) is 2.00. The van der Waals surface area contributed by atoms with Gasteiger partial charge in [0.25, 0.3) is 5.91 Å². The van der Waals surface area contributed by atoms with Crippen LogP contribution in [0.2, 0.25) is 0 Å². The molecule has 1 fully saturated rings. The number of carbonyl (C=O) groups is 2. The van der Waals surface area contributed by atoms with Crippen LogP contribution >= 0.6 is 11.3 Å². The highest BCUT2D eigenvalue weighted by Gasteiger charge is 2.39. The summed E-state index contributed by atoms with van der Waals surface area (Å²) < 4.78 is 5.34. The molecule has 23 heavy (non-hydrogen) atoms. The Morgan fingerprint density at radius 1 is 1.26 bits per heavy atom. The van der Waals surface area contributed by atoms with E-state index in [0.29, 0.717) is 17.9 Å². The van der Waals surface area contributed by atoms with Crippen LogP contribution < -0.4 is 5.32 Å². The summed E-state index contributed by atoms with van der Waals surface area (Å²) in [5.74, 6) is -1.07. The molecule has 0 bridgehead atoms. The third kappa shape index (κ3) is 3.93. The summed E-state index contributed by atoms with van der Waals surface area (Å²) in [5, 5.41) is 12.1. The molecule has 1 atom stereocenters. The van der Waals surface area contributed by atoms with Crippen molar-refractivity contribution in [3.63, 3.8) is 0 Å². The molecule has 1 amide bonds. The topological polar surface area (TPSA) is 75.6 Å². The number of hydrogen-bond donors (Lipinski definition) is 2. The Morgan fingerprint density at radius 3 is 2.74 bits per heavy atom. The number of nitrogens with one attached hydrogen (secondary N) is 1. The largest absolute Gasteiger partial charge is 0.481 e. The fourth-order valence-electron chi connectivity index (χ4n) is 3.44. The Morgan fingerprint density at radius 2 is 2.04 bits per heavy atom. The second kappa shape index (κ2) is 7.01. The maximum absolute atomic E-state index is 12.6. The van der Waals surface area contributed by atoms with Crippen LogP contribution in [0.1, 0.15) is 58.6 Å². The smallest absolute Gasteiger partial charge is 0.305 e. The van der Waals surface area contributed by atoms with Gasteiger partial charge in [-0.05, 0) is 43.7 Å². The van der Waals surface area contributed by atoms with Gasteiger partial charge in [0, 0.05) is 11.5 Å². The molecule has 0 spiro atoms. The first kappa shape index (κ1) is 16.5. The van der Waals surface area contributed by atoms with Crippen molar-refractivity contribution in [1.29, 1.82) is 0 Å². The van der Waals surface area contributed by atoms with E-state index in [9.17, 15) is 9.59 Å². The summed E-state index contributed by atoms with van der Waals surface area (Å²) in [6.07, 6.45) is 7.44. The minimum atomic E-state index is -0.908. The molecule has 1 aliphatic carbocycles. The fourth-order valence-corrected chi connectivity index (χ4v) is 4.59. The average Bonchev–Trinajstić information content (AvgIpc) is 3.05. The van der Waals surface area contributed by atoms with Crippen molar-refractivity contribution in [3.05, 3.63) is 21.4 Å². The van der Waals surface area contributed by atoms with E-state index in [1.165, 1.54) is 36.1 Å². The minimum Gasteiger partial charge on any atom is -0.481 e. The SMILES string of the molecule is O=C(O)CC1(NC(=O)c2cc3c(s2)CCCCCC3)CCOC1. The Hall–Kier alpha value is -1.40. The lowest BCUT2D eigenvalue weighted by atomic mass is 9.94. The second-order valence-electron chi connectivity index (χ2n) is 6.58. The summed E-state index contributed by atoms with van der Waals surface area (Å²) in [7, 11) is 0. The van der Waals surface area contributed by atoms with Crippen LogP contribution in [0.25, 0.3) is 0 Å². The van der Waals surface area contributed by atoms with Crippen molar-refractivity contribution in [2.45, 2.75) is 56.9 Å². The number of carboxylic acids is 1. The zero-order valence-corrected chi connectivity index (χ0v) is 14.0. The first-order valence-corrected chi connectivity index (χ1v) is 9.13. The molecule has 1 aromatic heterocycles. The molecular weight excluding hydrogens is 314 g/mol. The molecule has 0 aromatic carbocycles. The monoisotopic (exact) mass is 337 g/mol. The van der Waals surface area contributed by atoms with Gasteiger partial charge in [-0.1, -0.05) is 12.8 Å². The molecule has 1 aromatic rings. The van der Waals surface area contributed by atoms with E-state index in [-0.39, 0.29) is 18.9 Å². The quantitative estimate of drug-likeness (QED) is 0.886. The molecule has 0 saturated carbocycles. The fraction of sp³-hybridized carbons (Fsp3) is 0.647. The molecule has 2 aliphatic rings.